The fraction of sp³-hybridized carbons (Fsp3) is 0. The quantitative estimate of drug-likeness (QED) is 0.523. The minimum Gasteiger partial charge on any atom is -0.457 e. The van der Waals surface area contributed by atoms with Gasteiger partial charge in [0.15, 0.2) is 0 Å². The zero-order chi connectivity index (χ0) is 18.4. The fourth-order valence-corrected chi connectivity index (χ4v) is 2.09. The monoisotopic (exact) mass is 350 g/mol. The number of amides is 2. The van der Waals surface area contributed by atoms with Crippen LogP contribution in [0.5, 0.6) is 11.5 Å². The Morgan fingerprint density at radius 3 is 2.15 bits per heavy atom. The maximum absolute atomic E-state index is 11.9. The van der Waals surface area contributed by atoms with Gasteiger partial charge in [-0.3, -0.25) is 15.4 Å². The van der Waals surface area contributed by atoms with E-state index >= 15 is 0 Å². The molecule has 130 valence electrons. The SMILES string of the molecule is O=C(Nc1ccc(Oc2ccc([N+](=O)[O-])cc2)cc1)Nc1ccccn1. The number of nitro groups is 1. The summed E-state index contributed by atoms with van der Waals surface area (Å²) < 4.78 is 5.61. The molecule has 0 aliphatic heterocycles. The first kappa shape index (κ1) is 16.9. The molecule has 0 aliphatic rings. The van der Waals surface area contributed by atoms with Crippen molar-refractivity contribution in [2.75, 3.05) is 10.6 Å². The maximum Gasteiger partial charge on any atom is 0.324 e. The van der Waals surface area contributed by atoms with Crippen LogP contribution in [0.25, 0.3) is 0 Å². The van der Waals surface area contributed by atoms with Crippen LogP contribution in [0.4, 0.5) is 22.0 Å². The molecule has 0 fully saturated rings. The van der Waals surface area contributed by atoms with Gasteiger partial charge in [0.05, 0.1) is 4.92 Å². The molecule has 1 aromatic heterocycles. The number of benzene rings is 2. The van der Waals surface area contributed by atoms with E-state index in [9.17, 15) is 14.9 Å². The molecule has 0 atom stereocenters. The zero-order valence-corrected chi connectivity index (χ0v) is 13.5. The molecule has 3 aromatic rings. The second-order valence-corrected chi connectivity index (χ2v) is 5.17. The van der Waals surface area contributed by atoms with Gasteiger partial charge in [-0.25, -0.2) is 9.78 Å². The molecule has 1 heterocycles. The molecule has 0 radical (unpaired) electrons. The number of anilines is 2. The van der Waals surface area contributed by atoms with Gasteiger partial charge >= 0.3 is 6.03 Å². The van der Waals surface area contributed by atoms with Crippen LogP contribution in [-0.4, -0.2) is 15.9 Å². The normalized spacial score (nSPS) is 10.0. The van der Waals surface area contributed by atoms with Gasteiger partial charge in [0.25, 0.3) is 5.69 Å². The third-order valence-electron chi connectivity index (χ3n) is 3.30. The molecule has 26 heavy (non-hydrogen) atoms. The van der Waals surface area contributed by atoms with Gasteiger partial charge in [0.2, 0.25) is 0 Å². The van der Waals surface area contributed by atoms with Crippen molar-refractivity contribution >= 4 is 23.2 Å². The van der Waals surface area contributed by atoms with Crippen LogP contribution in [-0.2, 0) is 0 Å². The molecule has 2 N–H and O–H groups in total. The number of carbonyl (C=O) groups excluding carboxylic acids is 1. The number of hydrogen-bond acceptors (Lipinski definition) is 5. The average Bonchev–Trinajstić information content (AvgIpc) is 2.64. The van der Waals surface area contributed by atoms with Crippen LogP contribution in [0.15, 0.2) is 72.9 Å². The molecule has 0 spiro atoms. The number of hydrogen-bond donors (Lipinski definition) is 2. The topological polar surface area (TPSA) is 106 Å². The highest BCUT2D eigenvalue weighted by molar-refractivity contribution is 5.99. The molecule has 0 aliphatic carbocycles. The van der Waals surface area contributed by atoms with Crippen LogP contribution in [0.2, 0.25) is 0 Å². The number of nitrogens with zero attached hydrogens (tertiary/aromatic N) is 2. The Morgan fingerprint density at radius 1 is 0.923 bits per heavy atom. The highest BCUT2D eigenvalue weighted by Crippen LogP contribution is 2.25. The lowest BCUT2D eigenvalue weighted by molar-refractivity contribution is -0.384. The summed E-state index contributed by atoms with van der Waals surface area (Å²) in [6.07, 6.45) is 1.58. The number of rotatable bonds is 5. The molecule has 0 bridgehead atoms. The van der Waals surface area contributed by atoms with Gasteiger partial charge in [-0.15, -0.1) is 0 Å². The van der Waals surface area contributed by atoms with Crippen molar-refractivity contribution in [3.05, 3.63) is 83.0 Å². The van der Waals surface area contributed by atoms with E-state index in [2.05, 4.69) is 15.6 Å². The van der Waals surface area contributed by atoms with Crippen LogP contribution in [0.3, 0.4) is 0 Å². The van der Waals surface area contributed by atoms with Crippen molar-refractivity contribution in [3.63, 3.8) is 0 Å². The summed E-state index contributed by atoms with van der Waals surface area (Å²) in [5.41, 5.74) is 0.574. The molecule has 8 nitrogen and oxygen atoms in total. The van der Waals surface area contributed by atoms with E-state index in [-0.39, 0.29) is 5.69 Å². The van der Waals surface area contributed by atoms with E-state index < -0.39 is 11.0 Å². The standard InChI is InChI=1S/C18H14N4O4/c23-18(21-17-3-1-2-12-19-17)20-13-4-8-15(9-5-13)26-16-10-6-14(7-11-16)22(24)25/h1-12H,(H2,19,20,21,23). The van der Waals surface area contributed by atoms with Gasteiger partial charge in [-0.2, -0.15) is 0 Å². The summed E-state index contributed by atoms with van der Waals surface area (Å²) in [6.45, 7) is 0. The lowest BCUT2D eigenvalue weighted by Gasteiger charge is -2.09. The van der Waals surface area contributed by atoms with Gasteiger partial charge in [-0.1, -0.05) is 6.07 Å². The van der Waals surface area contributed by atoms with Gasteiger partial charge in [0, 0.05) is 24.0 Å². The molecule has 8 heteroatoms. The Labute approximate surface area is 148 Å². The maximum atomic E-state index is 11.9. The number of non-ortho nitro benzene ring substituents is 1. The fourth-order valence-electron chi connectivity index (χ4n) is 2.09. The van der Waals surface area contributed by atoms with E-state index in [1.54, 1.807) is 48.7 Å². The summed E-state index contributed by atoms with van der Waals surface area (Å²) in [5.74, 6) is 1.46. The van der Waals surface area contributed by atoms with Crippen LogP contribution >= 0.6 is 0 Å². The Morgan fingerprint density at radius 2 is 1.58 bits per heavy atom. The van der Waals surface area contributed by atoms with Crippen molar-refractivity contribution in [2.24, 2.45) is 0 Å². The number of nitro benzene ring substituents is 1. The van der Waals surface area contributed by atoms with Crippen molar-refractivity contribution in [3.8, 4) is 11.5 Å². The summed E-state index contributed by atoms with van der Waals surface area (Å²) in [5, 5.41) is 15.9. The predicted octanol–water partition coefficient (Wildman–Crippen LogP) is 4.43. The number of urea groups is 1. The summed E-state index contributed by atoms with van der Waals surface area (Å²) >= 11 is 0. The van der Waals surface area contributed by atoms with E-state index in [0.717, 1.165) is 0 Å². The number of aromatic nitrogens is 1. The smallest absolute Gasteiger partial charge is 0.324 e. The highest BCUT2D eigenvalue weighted by atomic mass is 16.6. The van der Waals surface area contributed by atoms with Crippen molar-refractivity contribution in [1.82, 2.24) is 4.98 Å². The third kappa shape index (κ3) is 4.54. The Hall–Kier alpha value is -3.94. The number of carbonyl (C=O) groups is 1. The molecule has 0 saturated carbocycles. The molecule has 0 saturated heterocycles. The summed E-state index contributed by atoms with van der Waals surface area (Å²) in [7, 11) is 0. The minimum absolute atomic E-state index is 0.00387. The van der Waals surface area contributed by atoms with Crippen LogP contribution in [0, 0.1) is 10.1 Å². The largest absolute Gasteiger partial charge is 0.457 e. The van der Waals surface area contributed by atoms with Crippen molar-refractivity contribution in [2.45, 2.75) is 0 Å². The molecular weight excluding hydrogens is 336 g/mol. The summed E-state index contributed by atoms with van der Waals surface area (Å²) in [4.78, 5) is 26.1. The van der Waals surface area contributed by atoms with Gasteiger partial charge in [-0.05, 0) is 48.5 Å². The summed E-state index contributed by atoms with van der Waals surface area (Å²) in [6, 6.07) is 17.3. The number of pyridine rings is 1. The van der Waals surface area contributed by atoms with Crippen LogP contribution in [0.1, 0.15) is 0 Å². The van der Waals surface area contributed by atoms with E-state index in [1.807, 2.05) is 0 Å². The molecular formula is C18H14N4O4. The number of nitrogens with one attached hydrogen (secondary N) is 2. The lowest BCUT2D eigenvalue weighted by Crippen LogP contribution is -2.19. The van der Waals surface area contributed by atoms with E-state index in [1.165, 1.54) is 24.3 Å². The van der Waals surface area contributed by atoms with Gasteiger partial charge in [0.1, 0.15) is 17.3 Å². The van der Waals surface area contributed by atoms with E-state index in [0.29, 0.717) is 23.0 Å². The Kier molecular flexibility index (Phi) is 5.04. The lowest BCUT2D eigenvalue weighted by atomic mass is 10.3. The second-order valence-electron chi connectivity index (χ2n) is 5.17. The zero-order valence-electron chi connectivity index (χ0n) is 13.5. The van der Waals surface area contributed by atoms with Crippen molar-refractivity contribution in [1.29, 1.82) is 0 Å². The van der Waals surface area contributed by atoms with Crippen molar-refractivity contribution < 1.29 is 14.5 Å². The first-order valence-corrected chi connectivity index (χ1v) is 7.61. The van der Waals surface area contributed by atoms with E-state index in [4.69, 9.17) is 4.74 Å². The Balaban J connectivity index is 1.57. The van der Waals surface area contributed by atoms with Gasteiger partial charge < -0.3 is 10.1 Å². The molecule has 3 rings (SSSR count). The highest BCUT2D eigenvalue weighted by Gasteiger charge is 2.06. The minimum atomic E-state index is -0.472. The molecule has 0 unspecified atom stereocenters. The average molecular weight is 350 g/mol. The Bertz CT molecular complexity index is 897. The second kappa shape index (κ2) is 7.75. The third-order valence-corrected chi connectivity index (χ3v) is 3.30. The molecule has 2 aromatic carbocycles. The first-order chi connectivity index (χ1) is 12.6. The molecule has 2 amide bonds. The first-order valence-electron chi connectivity index (χ1n) is 7.61. The predicted molar refractivity (Wildman–Crippen MR) is 96.5 cm³/mol. The van der Waals surface area contributed by atoms with Crippen LogP contribution < -0.4 is 15.4 Å². The number of ether oxygens (including phenoxy) is 1.